The topological polar surface area (TPSA) is 78.7 Å². The van der Waals surface area contributed by atoms with Gasteiger partial charge in [0.15, 0.2) is 0 Å². The minimum absolute atomic E-state index is 0.0396. The molecule has 0 saturated carbocycles. The number of benzene rings is 1. The molecule has 0 bridgehead atoms. The molecule has 19 heavy (non-hydrogen) atoms. The Labute approximate surface area is 109 Å². The van der Waals surface area contributed by atoms with E-state index in [0.717, 1.165) is 11.1 Å². The van der Waals surface area contributed by atoms with Crippen molar-refractivity contribution in [1.29, 1.82) is 5.26 Å². The Morgan fingerprint density at radius 1 is 1.16 bits per heavy atom. The van der Waals surface area contributed by atoms with Crippen molar-refractivity contribution in [2.45, 2.75) is 20.8 Å². The van der Waals surface area contributed by atoms with Crippen LogP contribution >= 0.6 is 0 Å². The predicted octanol–water partition coefficient (Wildman–Crippen LogP) is 1.32. The smallest absolute Gasteiger partial charge is 0.273 e. The van der Waals surface area contributed by atoms with Crippen molar-refractivity contribution < 1.29 is 0 Å². The Morgan fingerprint density at radius 3 is 2.26 bits per heavy atom. The lowest BCUT2D eigenvalue weighted by atomic mass is 10.1. The largest absolute Gasteiger partial charge is 0.333 e. The quantitative estimate of drug-likeness (QED) is 0.834. The maximum absolute atomic E-state index is 12.0. The average molecular weight is 255 g/mol. The van der Waals surface area contributed by atoms with E-state index in [2.05, 4.69) is 4.98 Å². The fraction of sp³-hybridized carbons (Fsp3) is 0.214. The first-order valence-electron chi connectivity index (χ1n) is 5.80. The molecule has 0 unspecified atom stereocenters. The van der Waals surface area contributed by atoms with Gasteiger partial charge in [-0.25, -0.2) is 4.79 Å². The van der Waals surface area contributed by atoms with Gasteiger partial charge in [-0.3, -0.25) is 14.3 Å². The van der Waals surface area contributed by atoms with Crippen molar-refractivity contribution in [3.63, 3.8) is 0 Å². The molecule has 96 valence electrons. The Kier molecular flexibility index (Phi) is 3.09. The van der Waals surface area contributed by atoms with Crippen LogP contribution in [0.5, 0.6) is 0 Å². The zero-order valence-electron chi connectivity index (χ0n) is 10.9. The summed E-state index contributed by atoms with van der Waals surface area (Å²) in [5, 5.41) is 9.01. The van der Waals surface area contributed by atoms with Crippen LogP contribution in [0, 0.1) is 32.1 Å². The van der Waals surface area contributed by atoms with E-state index in [1.54, 1.807) is 6.92 Å². The number of para-hydroxylation sites is 1. The van der Waals surface area contributed by atoms with Gasteiger partial charge in [0.25, 0.3) is 5.56 Å². The molecule has 2 aromatic rings. The summed E-state index contributed by atoms with van der Waals surface area (Å²) >= 11 is 0. The fourth-order valence-corrected chi connectivity index (χ4v) is 2.20. The van der Waals surface area contributed by atoms with Gasteiger partial charge in [0.1, 0.15) is 11.6 Å². The second kappa shape index (κ2) is 4.58. The van der Waals surface area contributed by atoms with Crippen molar-refractivity contribution in [3.05, 3.63) is 61.4 Å². The lowest BCUT2D eigenvalue weighted by Crippen LogP contribution is -2.33. The molecule has 1 aromatic carbocycles. The Bertz CT molecular complexity index is 787. The van der Waals surface area contributed by atoms with Crippen molar-refractivity contribution >= 4 is 0 Å². The van der Waals surface area contributed by atoms with E-state index in [0.29, 0.717) is 11.4 Å². The Balaban J connectivity index is 2.97. The first kappa shape index (κ1) is 12.8. The number of nitrogens with zero attached hydrogens (tertiary/aromatic N) is 2. The number of nitriles is 1. The third-order valence-corrected chi connectivity index (χ3v) is 3.12. The SMILES string of the molecule is Cc1cccc(C)c1-n1c(C)c(C#N)c(=O)[nH]c1=O. The lowest BCUT2D eigenvalue weighted by molar-refractivity contribution is 0.838. The standard InChI is InChI=1S/C14H13N3O2/c1-8-5-4-6-9(2)12(8)17-10(3)11(7-15)13(18)16-14(17)19/h4-6H,1-3H3,(H,16,18,19). The monoisotopic (exact) mass is 255 g/mol. The molecule has 2 rings (SSSR count). The minimum atomic E-state index is -0.646. The molecular weight excluding hydrogens is 242 g/mol. The van der Waals surface area contributed by atoms with Gasteiger partial charge in [-0.15, -0.1) is 0 Å². The zero-order valence-corrected chi connectivity index (χ0v) is 10.9. The fourth-order valence-electron chi connectivity index (χ4n) is 2.20. The molecule has 0 radical (unpaired) electrons. The van der Waals surface area contributed by atoms with E-state index < -0.39 is 11.2 Å². The minimum Gasteiger partial charge on any atom is -0.273 e. The highest BCUT2D eigenvalue weighted by Gasteiger charge is 2.14. The van der Waals surface area contributed by atoms with Gasteiger partial charge in [-0.1, -0.05) is 18.2 Å². The molecule has 5 nitrogen and oxygen atoms in total. The van der Waals surface area contributed by atoms with Crippen LogP contribution < -0.4 is 11.2 Å². The van der Waals surface area contributed by atoms with Crippen LogP contribution in [0.1, 0.15) is 22.4 Å². The summed E-state index contributed by atoms with van der Waals surface area (Å²) in [7, 11) is 0. The average Bonchev–Trinajstić information content (AvgIpc) is 2.33. The van der Waals surface area contributed by atoms with E-state index in [1.807, 2.05) is 38.1 Å². The number of aromatic nitrogens is 2. The van der Waals surface area contributed by atoms with Crippen LogP contribution in [-0.4, -0.2) is 9.55 Å². The molecular formula is C14H13N3O2. The van der Waals surface area contributed by atoms with E-state index >= 15 is 0 Å². The second-order valence-corrected chi connectivity index (χ2v) is 4.41. The van der Waals surface area contributed by atoms with Crippen molar-refractivity contribution in [2.75, 3.05) is 0 Å². The maximum Gasteiger partial charge on any atom is 0.333 e. The molecule has 1 N–H and O–H groups in total. The molecule has 0 aliphatic rings. The summed E-state index contributed by atoms with van der Waals surface area (Å²) in [5.41, 5.74) is 1.65. The van der Waals surface area contributed by atoms with Crippen LogP contribution in [0.4, 0.5) is 0 Å². The van der Waals surface area contributed by atoms with Gasteiger partial charge >= 0.3 is 5.69 Å². The van der Waals surface area contributed by atoms with Crippen LogP contribution in [0.3, 0.4) is 0 Å². The molecule has 0 fully saturated rings. The molecule has 1 heterocycles. The Morgan fingerprint density at radius 2 is 1.74 bits per heavy atom. The van der Waals surface area contributed by atoms with Crippen LogP contribution in [0.15, 0.2) is 27.8 Å². The zero-order chi connectivity index (χ0) is 14.2. The molecule has 0 saturated heterocycles. The summed E-state index contributed by atoms with van der Waals surface area (Å²) < 4.78 is 1.38. The number of hydrogen-bond donors (Lipinski definition) is 1. The van der Waals surface area contributed by atoms with E-state index in [1.165, 1.54) is 4.57 Å². The normalized spacial score (nSPS) is 10.2. The molecule has 1 aromatic heterocycles. The third kappa shape index (κ3) is 1.97. The number of aryl methyl sites for hydroxylation is 2. The molecule has 0 aliphatic heterocycles. The maximum atomic E-state index is 12.0. The van der Waals surface area contributed by atoms with Crippen molar-refractivity contribution in [1.82, 2.24) is 9.55 Å². The van der Waals surface area contributed by atoms with Gasteiger partial charge in [-0.05, 0) is 31.9 Å². The molecule has 0 atom stereocenters. The third-order valence-electron chi connectivity index (χ3n) is 3.12. The van der Waals surface area contributed by atoms with Gasteiger partial charge in [0.2, 0.25) is 0 Å². The predicted molar refractivity (Wildman–Crippen MR) is 71.6 cm³/mol. The molecule has 0 amide bonds. The highest BCUT2D eigenvalue weighted by atomic mass is 16.2. The number of aromatic amines is 1. The van der Waals surface area contributed by atoms with Crippen LogP contribution in [-0.2, 0) is 0 Å². The summed E-state index contributed by atoms with van der Waals surface area (Å²) in [6.07, 6.45) is 0. The number of H-pyrrole nitrogens is 1. The first-order chi connectivity index (χ1) is 8.97. The van der Waals surface area contributed by atoms with Gasteiger partial charge in [0.05, 0.1) is 5.69 Å². The first-order valence-corrected chi connectivity index (χ1v) is 5.80. The van der Waals surface area contributed by atoms with Crippen molar-refractivity contribution in [2.24, 2.45) is 0 Å². The van der Waals surface area contributed by atoms with Crippen LogP contribution in [0.2, 0.25) is 0 Å². The number of hydrogen-bond acceptors (Lipinski definition) is 3. The van der Waals surface area contributed by atoms with E-state index in [4.69, 9.17) is 5.26 Å². The molecule has 5 heteroatoms. The summed E-state index contributed by atoms with van der Waals surface area (Å²) in [5.74, 6) is 0. The highest BCUT2D eigenvalue weighted by Crippen LogP contribution is 2.18. The summed E-state index contributed by atoms with van der Waals surface area (Å²) in [6.45, 7) is 5.36. The van der Waals surface area contributed by atoms with Gasteiger partial charge in [0, 0.05) is 5.69 Å². The molecule has 0 spiro atoms. The van der Waals surface area contributed by atoms with Gasteiger partial charge < -0.3 is 0 Å². The summed E-state index contributed by atoms with van der Waals surface area (Å²) in [6, 6.07) is 7.49. The molecule has 0 aliphatic carbocycles. The van der Waals surface area contributed by atoms with Gasteiger partial charge in [-0.2, -0.15) is 5.26 Å². The highest BCUT2D eigenvalue weighted by molar-refractivity contribution is 5.49. The van der Waals surface area contributed by atoms with E-state index in [-0.39, 0.29) is 5.56 Å². The Hall–Kier alpha value is -2.61. The summed E-state index contributed by atoms with van der Waals surface area (Å²) in [4.78, 5) is 25.8. The number of rotatable bonds is 1. The van der Waals surface area contributed by atoms with E-state index in [9.17, 15) is 9.59 Å². The van der Waals surface area contributed by atoms with Crippen LogP contribution in [0.25, 0.3) is 5.69 Å². The lowest BCUT2D eigenvalue weighted by Gasteiger charge is -2.15. The van der Waals surface area contributed by atoms with Crippen molar-refractivity contribution in [3.8, 4) is 11.8 Å². The second-order valence-electron chi connectivity index (χ2n) is 4.41. The number of nitrogens with one attached hydrogen (secondary N) is 1.